The first-order valence-electron chi connectivity index (χ1n) is 5.68. The van der Waals surface area contributed by atoms with Crippen molar-refractivity contribution in [3.63, 3.8) is 0 Å². The predicted molar refractivity (Wildman–Crippen MR) is 84.7 cm³/mol. The minimum atomic E-state index is -0.275. The molecule has 2 aromatic rings. The second-order valence-electron chi connectivity index (χ2n) is 3.89. The van der Waals surface area contributed by atoms with E-state index in [1.807, 2.05) is 18.2 Å². The molecule has 0 saturated heterocycles. The number of rotatable bonds is 4. The molecule has 0 aliphatic rings. The van der Waals surface area contributed by atoms with Gasteiger partial charge in [-0.1, -0.05) is 35.3 Å². The third-order valence-corrected chi connectivity index (χ3v) is 3.62. The van der Waals surface area contributed by atoms with Crippen LogP contribution >= 0.6 is 39.1 Å². The van der Waals surface area contributed by atoms with Gasteiger partial charge in [-0.25, -0.2) is 0 Å². The van der Waals surface area contributed by atoms with E-state index in [1.54, 1.807) is 24.3 Å². The standard InChI is InChI=1S/C14H10BrCl2NO2/c15-10-3-1-2-4-12(10)18-14(19)8-20-13-6-5-9(16)7-11(13)17/h1-7H,8H2,(H,18,19). The second-order valence-corrected chi connectivity index (χ2v) is 5.59. The maximum atomic E-state index is 11.8. The number of nitrogens with one attached hydrogen (secondary N) is 1. The quantitative estimate of drug-likeness (QED) is 0.836. The monoisotopic (exact) mass is 373 g/mol. The van der Waals surface area contributed by atoms with Crippen molar-refractivity contribution in [2.75, 3.05) is 11.9 Å². The van der Waals surface area contributed by atoms with Gasteiger partial charge in [0.05, 0.1) is 10.7 Å². The zero-order valence-electron chi connectivity index (χ0n) is 10.2. The number of anilines is 1. The minimum absolute atomic E-state index is 0.136. The minimum Gasteiger partial charge on any atom is -0.482 e. The molecular weight excluding hydrogens is 365 g/mol. The van der Waals surface area contributed by atoms with E-state index in [0.29, 0.717) is 21.5 Å². The van der Waals surface area contributed by atoms with Crippen LogP contribution in [0, 0.1) is 0 Å². The van der Waals surface area contributed by atoms with E-state index in [0.717, 1.165) is 4.47 Å². The lowest BCUT2D eigenvalue weighted by molar-refractivity contribution is -0.118. The summed E-state index contributed by atoms with van der Waals surface area (Å²) in [4.78, 5) is 11.8. The van der Waals surface area contributed by atoms with Gasteiger partial charge in [-0.15, -0.1) is 0 Å². The third-order valence-electron chi connectivity index (χ3n) is 2.40. The molecule has 0 aliphatic carbocycles. The van der Waals surface area contributed by atoms with Crippen LogP contribution in [0.4, 0.5) is 5.69 Å². The van der Waals surface area contributed by atoms with Gasteiger partial charge in [-0.2, -0.15) is 0 Å². The van der Waals surface area contributed by atoms with E-state index in [-0.39, 0.29) is 12.5 Å². The first-order chi connectivity index (χ1) is 9.56. The molecule has 0 aliphatic heterocycles. The predicted octanol–water partition coefficient (Wildman–Crippen LogP) is 4.77. The molecule has 2 rings (SSSR count). The number of halogens is 3. The molecule has 0 fully saturated rings. The number of hydrogen-bond acceptors (Lipinski definition) is 2. The summed E-state index contributed by atoms with van der Waals surface area (Å²) in [7, 11) is 0. The Kier molecular flexibility index (Phi) is 5.29. The average Bonchev–Trinajstić information content (AvgIpc) is 2.40. The van der Waals surface area contributed by atoms with E-state index in [4.69, 9.17) is 27.9 Å². The lowest BCUT2D eigenvalue weighted by atomic mass is 10.3. The van der Waals surface area contributed by atoms with Gasteiger partial charge in [0, 0.05) is 9.50 Å². The van der Waals surface area contributed by atoms with Crippen LogP contribution < -0.4 is 10.1 Å². The van der Waals surface area contributed by atoms with Crippen molar-refractivity contribution in [3.05, 3.63) is 57.0 Å². The topological polar surface area (TPSA) is 38.3 Å². The van der Waals surface area contributed by atoms with E-state index < -0.39 is 0 Å². The van der Waals surface area contributed by atoms with Crippen LogP contribution in [0.25, 0.3) is 0 Å². The van der Waals surface area contributed by atoms with E-state index in [2.05, 4.69) is 21.2 Å². The maximum Gasteiger partial charge on any atom is 0.262 e. The zero-order chi connectivity index (χ0) is 14.5. The normalized spacial score (nSPS) is 10.2. The summed E-state index contributed by atoms with van der Waals surface area (Å²) in [6.45, 7) is -0.136. The van der Waals surface area contributed by atoms with Gasteiger partial charge in [0.25, 0.3) is 5.91 Å². The van der Waals surface area contributed by atoms with Crippen molar-refractivity contribution in [2.45, 2.75) is 0 Å². The van der Waals surface area contributed by atoms with Crippen molar-refractivity contribution >= 4 is 50.7 Å². The van der Waals surface area contributed by atoms with Crippen molar-refractivity contribution in [1.82, 2.24) is 0 Å². The Morgan fingerprint density at radius 3 is 2.65 bits per heavy atom. The van der Waals surface area contributed by atoms with Crippen molar-refractivity contribution in [3.8, 4) is 5.75 Å². The van der Waals surface area contributed by atoms with Crippen LogP contribution in [0.1, 0.15) is 0 Å². The van der Waals surface area contributed by atoms with Crippen LogP contribution in [0.15, 0.2) is 46.9 Å². The van der Waals surface area contributed by atoms with Crippen LogP contribution in [0.3, 0.4) is 0 Å². The first-order valence-corrected chi connectivity index (χ1v) is 7.23. The molecule has 2 aromatic carbocycles. The summed E-state index contributed by atoms with van der Waals surface area (Å²) in [6, 6.07) is 12.2. The highest BCUT2D eigenvalue weighted by Gasteiger charge is 2.08. The Labute approximate surface area is 135 Å². The Morgan fingerprint density at radius 1 is 1.20 bits per heavy atom. The van der Waals surface area contributed by atoms with Gasteiger partial charge >= 0.3 is 0 Å². The van der Waals surface area contributed by atoms with Gasteiger partial charge in [0.15, 0.2) is 6.61 Å². The third kappa shape index (κ3) is 4.13. The molecule has 0 radical (unpaired) electrons. The van der Waals surface area contributed by atoms with E-state index in [1.165, 1.54) is 0 Å². The van der Waals surface area contributed by atoms with Crippen molar-refractivity contribution in [1.29, 1.82) is 0 Å². The molecule has 0 unspecified atom stereocenters. The van der Waals surface area contributed by atoms with Gasteiger partial charge in [-0.05, 0) is 46.3 Å². The summed E-state index contributed by atoms with van der Waals surface area (Å²) in [5.41, 5.74) is 0.684. The van der Waals surface area contributed by atoms with Crippen LogP contribution in [0.5, 0.6) is 5.75 Å². The molecule has 0 saturated carbocycles. The molecule has 6 heteroatoms. The van der Waals surface area contributed by atoms with Gasteiger partial charge in [0.1, 0.15) is 5.75 Å². The van der Waals surface area contributed by atoms with Crippen molar-refractivity contribution < 1.29 is 9.53 Å². The Morgan fingerprint density at radius 2 is 1.95 bits per heavy atom. The lowest BCUT2D eigenvalue weighted by Gasteiger charge is -2.09. The summed E-state index contributed by atoms with van der Waals surface area (Å²) in [5.74, 6) is 0.140. The largest absolute Gasteiger partial charge is 0.482 e. The van der Waals surface area contributed by atoms with Crippen LogP contribution in [-0.4, -0.2) is 12.5 Å². The smallest absolute Gasteiger partial charge is 0.262 e. The van der Waals surface area contributed by atoms with E-state index >= 15 is 0 Å². The molecule has 1 N–H and O–H groups in total. The highest BCUT2D eigenvalue weighted by molar-refractivity contribution is 9.10. The SMILES string of the molecule is O=C(COc1ccc(Cl)cc1Cl)Nc1ccccc1Br. The Hall–Kier alpha value is -1.23. The fraction of sp³-hybridized carbons (Fsp3) is 0.0714. The molecule has 3 nitrogen and oxygen atoms in total. The summed E-state index contributed by atoms with van der Waals surface area (Å²) < 4.78 is 6.15. The highest BCUT2D eigenvalue weighted by atomic mass is 79.9. The molecule has 0 aromatic heterocycles. The van der Waals surface area contributed by atoms with Crippen LogP contribution in [0.2, 0.25) is 10.0 Å². The van der Waals surface area contributed by atoms with Gasteiger partial charge < -0.3 is 10.1 Å². The average molecular weight is 375 g/mol. The fourth-order valence-electron chi connectivity index (χ4n) is 1.48. The number of carbonyl (C=O) groups excluding carboxylic acids is 1. The molecule has 104 valence electrons. The Bertz CT molecular complexity index is 634. The highest BCUT2D eigenvalue weighted by Crippen LogP contribution is 2.27. The number of amides is 1. The molecule has 0 atom stereocenters. The number of para-hydroxylation sites is 1. The molecule has 0 heterocycles. The lowest BCUT2D eigenvalue weighted by Crippen LogP contribution is -2.20. The summed E-state index contributed by atoms with van der Waals surface area (Å²) in [5, 5.41) is 3.61. The molecule has 1 amide bonds. The zero-order valence-corrected chi connectivity index (χ0v) is 13.3. The summed E-state index contributed by atoms with van der Waals surface area (Å²) >= 11 is 15.1. The van der Waals surface area contributed by atoms with E-state index in [9.17, 15) is 4.79 Å². The van der Waals surface area contributed by atoms with Gasteiger partial charge in [-0.3, -0.25) is 4.79 Å². The molecular formula is C14H10BrCl2NO2. The Balaban J connectivity index is 1.94. The molecule has 20 heavy (non-hydrogen) atoms. The second kappa shape index (κ2) is 6.97. The number of hydrogen-bond donors (Lipinski definition) is 1. The van der Waals surface area contributed by atoms with Gasteiger partial charge in [0.2, 0.25) is 0 Å². The van der Waals surface area contributed by atoms with Crippen LogP contribution in [-0.2, 0) is 4.79 Å². The maximum absolute atomic E-state index is 11.8. The van der Waals surface area contributed by atoms with Crippen molar-refractivity contribution in [2.24, 2.45) is 0 Å². The fourth-order valence-corrected chi connectivity index (χ4v) is 2.33. The number of ether oxygens (including phenoxy) is 1. The molecule has 0 bridgehead atoms. The molecule has 0 spiro atoms. The first kappa shape index (κ1) is 15.2. The number of benzene rings is 2. The summed E-state index contributed by atoms with van der Waals surface area (Å²) in [6.07, 6.45) is 0. The number of carbonyl (C=O) groups is 1.